The molecule has 0 amide bonds. The van der Waals surface area contributed by atoms with E-state index in [1.54, 1.807) is 11.3 Å². The average Bonchev–Trinajstić information content (AvgIpc) is 2.83. The highest BCUT2D eigenvalue weighted by atomic mass is 32.1. The second-order valence-electron chi connectivity index (χ2n) is 4.64. The van der Waals surface area contributed by atoms with Gasteiger partial charge in [0.05, 0.1) is 0 Å². The summed E-state index contributed by atoms with van der Waals surface area (Å²) in [4.78, 5) is 0. The standard InChI is InChI=1S/C13H22N2S/c1(2-12-3-7-14-8-4-12)6-15-10-13-5-9-16-11-13/h5,9,11-12,14-15H,1-4,6-8,10H2. The molecule has 90 valence electrons. The number of nitrogens with one attached hydrogen (secondary N) is 2. The molecule has 1 fully saturated rings. The lowest BCUT2D eigenvalue weighted by atomic mass is 9.93. The fraction of sp³-hybridized carbons (Fsp3) is 0.692. The Labute approximate surface area is 102 Å². The zero-order chi connectivity index (χ0) is 11.1. The quantitative estimate of drug-likeness (QED) is 0.745. The summed E-state index contributed by atoms with van der Waals surface area (Å²) < 4.78 is 0. The van der Waals surface area contributed by atoms with Gasteiger partial charge in [-0.05, 0) is 73.6 Å². The third-order valence-corrected chi connectivity index (χ3v) is 4.07. The van der Waals surface area contributed by atoms with Crippen molar-refractivity contribution in [3.05, 3.63) is 22.4 Å². The van der Waals surface area contributed by atoms with Crippen molar-refractivity contribution in [3.63, 3.8) is 0 Å². The van der Waals surface area contributed by atoms with Crippen LogP contribution in [0.3, 0.4) is 0 Å². The van der Waals surface area contributed by atoms with Crippen LogP contribution in [0.4, 0.5) is 0 Å². The van der Waals surface area contributed by atoms with Crippen LogP contribution in [-0.2, 0) is 6.54 Å². The number of hydrogen-bond donors (Lipinski definition) is 2. The first-order valence-corrected chi connectivity index (χ1v) is 7.32. The predicted molar refractivity (Wildman–Crippen MR) is 70.9 cm³/mol. The summed E-state index contributed by atoms with van der Waals surface area (Å²) in [6.45, 7) is 4.66. The molecular formula is C13H22N2S. The van der Waals surface area contributed by atoms with E-state index in [2.05, 4.69) is 27.5 Å². The summed E-state index contributed by atoms with van der Waals surface area (Å²) in [6, 6.07) is 2.20. The minimum atomic E-state index is 0.976. The van der Waals surface area contributed by atoms with Crippen molar-refractivity contribution in [2.24, 2.45) is 5.92 Å². The van der Waals surface area contributed by atoms with Crippen molar-refractivity contribution >= 4 is 11.3 Å². The molecule has 0 bridgehead atoms. The first-order chi connectivity index (χ1) is 7.95. The van der Waals surface area contributed by atoms with Crippen molar-refractivity contribution in [3.8, 4) is 0 Å². The number of rotatable bonds is 6. The van der Waals surface area contributed by atoms with E-state index < -0.39 is 0 Å². The summed E-state index contributed by atoms with van der Waals surface area (Å²) in [5, 5.41) is 11.3. The highest BCUT2D eigenvalue weighted by molar-refractivity contribution is 7.07. The van der Waals surface area contributed by atoms with E-state index in [4.69, 9.17) is 0 Å². The van der Waals surface area contributed by atoms with Gasteiger partial charge in [-0.1, -0.05) is 0 Å². The number of thiophene rings is 1. The molecule has 2 N–H and O–H groups in total. The molecule has 2 nitrogen and oxygen atoms in total. The summed E-state index contributed by atoms with van der Waals surface area (Å²) >= 11 is 1.78. The molecule has 0 unspecified atom stereocenters. The topological polar surface area (TPSA) is 24.1 Å². The molecule has 16 heavy (non-hydrogen) atoms. The van der Waals surface area contributed by atoms with Gasteiger partial charge in [-0.3, -0.25) is 0 Å². The summed E-state index contributed by atoms with van der Waals surface area (Å²) in [5.41, 5.74) is 1.42. The first-order valence-electron chi connectivity index (χ1n) is 6.37. The van der Waals surface area contributed by atoms with Crippen LogP contribution in [0.15, 0.2) is 16.8 Å². The Bertz CT molecular complexity index is 265. The van der Waals surface area contributed by atoms with Gasteiger partial charge >= 0.3 is 0 Å². The summed E-state index contributed by atoms with van der Waals surface area (Å²) in [7, 11) is 0. The number of piperidine rings is 1. The molecule has 1 aliphatic heterocycles. The van der Waals surface area contributed by atoms with Crippen LogP contribution in [-0.4, -0.2) is 19.6 Å². The minimum Gasteiger partial charge on any atom is -0.317 e. The van der Waals surface area contributed by atoms with Gasteiger partial charge in [0.2, 0.25) is 0 Å². The van der Waals surface area contributed by atoms with E-state index in [1.165, 1.54) is 50.9 Å². The lowest BCUT2D eigenvalue weighted by Crippen LogP contribution is -2.28. The third kappa shape index (κ3) is 4.24. The van der Waals surface area contributed by atoms with Gasteiger partial charge in [-0.2, -0.15) is 11.3 Å². The van der Waals surface area contributed by atoms with Crippen molar-refractivity contribution in [1.29, 1.82) is 0 Å². The molecule has 3 heteroatoms. The molecule has 0 spiro atoms. The van der Waals surface area contributed by atoms with Crippen LogP contribution in [0, 0.1) is 5.92 Å². The molecule has 0 saturated carbocycles. The Kier molecular flexibility index (Phi) is 5.32. The lowest BCUT2D eigenvalue weighted by Gasteiger charge is -2.22. The van der Waals surface area contributed by atoms with Gasteiger partial charge in [-0.25, -0.2) is 0 Å². The van der Waals surface area contributed by atoms with Gasteiger partial charge in [0.15, 0.2) is 0 Å². The summed E-state index contributed by atoms with van der Waals surface area (Å²) in [5.74, 6) is 0.976. The van der Waals surface area contributed by atoms with Crippen LogP contribution >= 0.6 is 11.3 Å². The maximum atomic E-state index is 3.52. The highest BCUT2D eigenvalue weighted by Crippen LogP contribution is 2.17. The van der Waals surface area contributed by atoms with Gasteiger partial charge in [-0.15, -0.1) is 0 Å². The van der Waals surface area contributed by atoms with Gasteiger partial charge < -0.3 is 10.6 Å². The molecule has 0 atom stereocenters. The van der Waals surface area contributed by atoms with Gasteiger partial charge in [0.1, 0.15) is 0 Å². The van der Waals surface area contributed by atoms with Crippen LogP contribution < -0.4 is 10.6 Å². The number of hydrogen-bond acceptors (Lipinski definition) is 3. The Hall–Kier alpha value is -0.380. The van der Waals surface area contributed by atoms with Crippen LogP contribution in [0.5, 0.6) is 0 Å². The van der Waals surface area contributed by atoms with Crippen molar-refractivity contribution in [1.82, 2.24) is 10.6 Å². The van der Waals surface area contributed by atoms with E-state index in [-0.39, 0.29) is 0 Å². The highest BCUT2D eigenvalue weighted by Gasteiger charge is 2.11. The zero-order valence-electron chi connectivity index (χ0n) is 9.87. The molecule has 1 aliphatic rings. The zero-order valence-corrected chi connectivity index (χ0v) is 10.7. The fourth-order valence-electron chi connectivity index (χ4n) is 2.31. The smallest absolute Gasteiger partial charge is 0.0213 e. The van der Waals surface area contributed by atoms with Gasteiger partial charge in [0.25, 0.3) is 0 Å². The van der Waals surface area contributed by atoms with Crippen LogP contribution in [0.2, 0.25) is 0 Å². The SMILES string of the molecule is c1cc(CNCCCC2CCNCC2)cs1. The second-order valence-corrected chi connectivity index (χ2v) is 5.42. The predicted octanol–water partition coefficient (Wildman–Crippen LogP) is 2.62. The minimum absolute atomic E-state index is 0.976. The maximum absolute atomic E-state index is 3.52. The van der Waals surface area contributed by atoms with Gasteiger partial charge in [0, 0.05) is 6.54 Å². The van der Waals surface area contributed by atoms with Crippen LogP contribution in [0.1, 0.15) is 31.2 Å². The largest absolute Gasteiger partial charge is 0.317 e. The summed E-state index contributed by atoms with van der Waals surface area (Å²) in [6.07, 6.45) is 5.49. The van der Waals surface area contributed by atoms with E-state index in [0.717, 1.165) is 12.5 Å². The third-order valence-electron chi connectivity index (χ3n) is 3.33. The van der Waals surface area contributed by atoms with E-state index >= 15 is 0 Å². The Morgan fingerprint density at radius 1 is 1.38 bits per heavy atom. The molecular weight excluding hydrogens is 216 g/mol. The van der Waals surface area contributed by atoms with Crippen molar-refractivity contribution in [2.75, 3.05) is 19.6 Å². The molecule has 0 aromatic carbocycles. The molecule has 2 rings (SSSR count). The fourth-order valence-corrected chi connectivity index (χ4v) is 2.98. The molecule has 1 saturated heterocycles. The molecule has 2 heterocycles. The molecule has 1 aromatic rings. The molecule has 0 aliphatic carbocycles. The first kappa shape index (κ1) is 12.1. The van der Waals surface area contributed by atoms with Crippen LogP contribution in [0.25, 0.3) is 0 Å². The Morgan fingerprint density at radius 2 is 2.25 bits per heavy atom. The Morgan fingerprint density at radius 3 is 3.00 bits per heavy atom. The van der Waals surface area contributed by atoms with Crippen molar-refractivity contribution in [2.45, 2.75) is 32.2 Å². The van der Waals surface area contributed by atoms with E-state index in [1.807, 2.05) is 0 Å². The normalized spacial score (nSPS) is 17.8. The monoisotopic (exact) mass is 238 g/mol. The second kappa shape index (κ2) is 7.05. The van der Waals surface area contributed by atoms with E-state index in [0.29, 0.717) is 0 Å². The van der Waals surface area contributed by atoms with E-state index in [9.17, 15) is 0 Å². The lowest BCUT2D eigenvalue weighted by molar-refractivity contribution is 0.344. The van der Waals surface area contributed by atoms with Crippen molar-refractivity contribution < 1.29 is 0 Å². The molecule has 0 radical (unpaired) electrons. The molecule has 1 aromatic heterocycles. The Balaban J connectivity index is 1.48. The maximum Gasteiger partial charge on any atom is 0.0213 e. The average molecular weight is 238 g/mol.